The number of aromatic nitrogens is 2. The fourth-order valence-electron chi connectivity index (χ4n) is 6.53. The highest BCUT2D eigenvalue weighted by Gasteiger charge is 2.54. The average molecular weight is 540 g/mol. The number of halogens is 2. The fraction of sp³-hybridized carbons (Fsp3) is 0.464. The van der Waals surface area contributed by atoms with Crippen molar-refractivity contribution in [3.63, 3.8) is 0 Å². The predicted molar refractivity (Wildman–Crippen MR) is 143 cm³/mol. The summed E-state index contributed by atoms with van der Waals surface area (Å²) in [5.41, 5.74) is 1.78. The molecule has 3 aliphatic rings. The van der Waals surface area contributed by atoms with Gasteiger partial charge in [-0.25, -0.2) is 4.39 Å². The van der Waals surface area contributed by atoms with E-state index < -0.39 is 11.2 Å². The number of likely N-dealkylation sites (tertiary alicyclic amines) is 2. The lowest BCUT2D eigenvalue weighted by molar-refractivity contribution is -0.124. The number of nitrogens with one attached hydrogen (secondary N) is 1. The molecule has 3 aliphatic heterocycles. The summed E-state index contributed by atoms with van der Waals surface area (Å²) in [6, 6.07) is 8.82. The second kappa shape index (κ2) is 9.94. The molecule has 2 aromatic carbocycles. The van der Waals surface area contributed by atoms with E-state index in [1.165, 1.54) is 6.07 Å². The Hall–Kier alpha value is -3.01. The number of piperidine rings is 1. The fourth-order valence-corrected chi connectivity index (χ4v) is 6.87. The number of H-pyrrole nitrogens is 1. The van der Waals surface area contributed by atoms with Crippen LogP contribution in [0.5, 0.6) is 0 Å². The van der Waals surface area contributed by atoms with Crippen LogP contribution in [0.15, 0.2) is 36.5 Å². The standard InChI is InChI=1S/C28H31ClFN5O3/c1-38-17-20-3-2-10-33(20)13-14-35-23-7-5-21(30)25(29)24(23)28(27(35)37)8-11-34(12-9-28)26(36)18-4-6-22-19(15-18)16-31-32-22/h4-7,15-16,20H,2-3,8-14,17H2,1H3,(H,31,32). The summed E-state index contributed by atoms with van der Waals surface area (Å²) in [4.78, 5) is 33.3. The lowest BCUT2D eigenvalue weighted by Gasteiger charge is -2.39. The largest absolute Gasteiger partial charge is 0.383 e. The van der Waals surface area contributed by atoms with Gasteiger partial charge in [0.25, 0.3) is 5.91 Å². The van der Waals surface area contributed by atoms with Crippen molar-refractivity contribution in [3.05, 3.63) is 58.5 Å². The third-order valence-corrected chi connectivity index (χ3v) is 8.93. The molecule has 38 heavy (non-hydrogen) atoms. The summed E-state index contributed by atoms with van der Waals surface area (Å²) in [6.45, 7) is 3.63. The van der Waals surface area contributed by atoms with Crippen LogP contribution in [0.25, 0.3) is 10.9 Å². The van der Waals surface area contributed by atoms with Gasteiger partial charge < -0.3 is 14.5 Å². The van der Waals surface area contributed by atoms with Crippen LogP contribution in [0.4, 0.5) is 10.1 Å². The molecule has 2 saturated heterocycles. The van der Waals surface area contributed by atoms with Crippen molar-refractivity contribution in [2.75, 3.05) is 51.3 Å². The van der Waals surface area contributed by atoms with Crippen molar-refractivity contribution in [2.45, 2.75) is 37.1 Å². The van der Waals surface area contributed by atoms with Crippen molar-refractivity contribution in [2.24, 2.45) is 0 Å². The number of methoxy groups -OCH3 is 1. The van der Waals surface area contributed by atoms with Gasteiger partial charge in [-0.3, -0.25) is 19.6 Å². The Morgan fingerprint density at radius 1 is 1.21 bits per heavy atom. The second-order valence-electron chi connectivity index (χ2n) is 10.5. The second-order valence-corrected chi connectivity index (χ2v) is 10.9. The van der Waals surface area contributed by atoms with Gasteiger partial charge in [0.1, 0.15) is 5.82 Å². The number of hydrogen-bond acceptors (Lipinski definition) is 5. The molecule has 1 unspecified atom stereocenters. The zero-order valence-electron chi connectivity index (χ0n) is 21.4. The molecule has 1 atom stereocenters. The van der Waals surface area contributed by atoms with Gasteiger partial charge in [-0.1, -0.05) is 11.6 Å². The first kappa shape index (κ1) is 25.3. The Morgan fingerprint density at radius 2 is 2.03 bits per heavy atom. The molecule has 0 bridgehead atoms. The van der Waals surface area contributed by atoms with E-state index in [-0.39, 0.29) is 16.8 Å². The minimum atomic E-state index is -0.934. The van der Waals surface area contributed by atoms with E-state index in [0.29, 0.717) is 68.5 Å². The minimum absolute atomic E-state index is 0.0157. The molecule has 6 rings (SSSR count). The Labute approximate surface area is 225 Å². The molecule has 4 heterocycles. The van der Waals surface area contributed by atoms with Crippen molar-refractivity contribution in [1.29, 1.82) is 0 Å². The van der Waals surface area contributed by atoms with Gasteiger partial charge in [0.2, 0.25) is 5.91 Å². The Bertz CT molecular complexity index is 1390. The Kier molecular flexibility index (Phi) is 6.62. The first-order valence-electron chi connectivity index (χ1n) is 13.2. The zero-order valence-corrected chi connectivity index (χ0v) is 22.1. The topological polar surface area (TPSA) is 81.8 Å². The van der Waals surface area contributed by atoms with Crippen molar-refractivity contribution in [3.8, 4) is 0 Å². The molecule has 1 N–H and O–H groups in total. The summed E-state index contributed by atoms with van der Waals surface area (Å²) in [6.07, 6.45) is 4.67. The van der Waals surface area contributed by atoms with Crippen LogP contribution in [0.1, 0.15) is 41.6 Å². The lowest BCUT2D eigenvalue weighted by atomic mass is 9.73. The molecular weight excluding hydrogens is 509 g/mol. The van der Waals surface area contributed by atoms with Crippen LogP contribution < -0.4 is 4.90 Å². The number of hydrogen-bond donors (Lipinski definition) is 1. The minimum Gasteiger partial charge on any atom is -0.383 e. The summed E-state index contributed by atoms with van der Waals surface area (Å²) >= 11 is 6.55. The van der Waals surface area contributed by atoms with Gasteiger partial charge in [0.05, 0.1) is 28.8 Å². The molecular formula is C28H31ClFN5O3. The highest BCUT2D eigenvalue weighted by atomic mass is 35.5. The van der Waals surface area contributed by atoms with Crippen LogP contribution in [-0.4, -0.2) is 84.3 Å². The number of carbonyl (C=O) groups excluding carboxylic acids is 2. The summed E-state index contributed by atoms with van der Waals surface area (Å²) < 4.78 is 20.1. The van der Waals surface area contributed by atoms with E-state index in [0.717, 1.165) is 30.3 Å². The smallest absolute Gasteiger partial charge is 0.253 e. The van der Waals surface area contributed by atoms with Gasteiger partial charge in [-0.2, -0.15) is 5.10 Å². The van der Waals surface area contributed by atoms with E-state index in [2.05, 4.69) is 15.1 Å². The number of nitrogens with zero attached hydrogens (tertiary/aromatic N) is 4. The monoisotopic (exact) mass is 539 g/mol. The molecule has 3 aromatic rings. The van der Waals surface area contributed by atoms with Crippen LogP contribution >= 0.6 is 11.6 Å². The first-order valence-corrected chi connectivity index (χ1v) is 13.6. The number of amides is 2. The number of fused-ring (bicyclic) bond motifs is 3. The van der Waals surface area contributed by atoms with Crippen LogP contribution in [0, 0.1) is 5.82 Å². The van der Waals surface area contributed by atoms with Gasteiger partial charge in [0.15, 0.2) is 0 Å². The van der Waals surface area contributed by atoms with Gasteiger partial charge in [-0.15, -0.1) is 0 Å². The quantitative estimate of drug-likeness (QED) is 0.512. The number of ether oxygens (including phenoxy) is 1. The normalized spacial score (nSPS) is 21.1. The van der Waals surface area contributed by atoms with Crippen LogP contribution in [0.2, 0.25) is 5.02 Å². The highest BCUT2D eigenvalue weighted by Crippen LogP contribution is 2.51. The zero-order chi connectivity index (χ0) is 26.4. The van der Waals surface area contributed by atoms with E-state index in [9.17, 15) is 14.0 Å². The maximum Gasteiger partial charge on any atom is 0.253 e. The van der Waals surface area contributed by atoms with E-state index in [4.69, 9.17) is 16.3 Å². The SMILES string of the molecule is COCC1CCCN1CCN1C(=O)C2(CCN(C(=O)c3ccc4[nH]ncc4c3)CC2)c2c1ccc(F)c2Cl. The highest BCUT2D eigenvalue weighted by molar-refractivity contribution is 6.33. The maximum atomic E-state index is 14.7. The molecule has 1 spiro atoms. The van der Waals surface area contributed by atoms with Gasteiger partial charge in [-0.05, 0) is 62.6 Å². The number of rotatable bonds is 6. The van der Waals surface area contributed by atoms with Crippen molar-refractivity contribution >= 4 is 40.0 Å². The first-order chi connectivity index (χ1) is 18.4. The molecule has 10 heteroatoms. The number of benzene rings is 2. The summed E-state index contributed by atoms with van der Waals surface area (Å²) in [5.74, 6) is -0.658. The third kappa shape index (κ3) is 4.08. The maximum absolute atomic E-state index is 14.7. The summed E-state index contributed by atoms with van der Waals surface area (Å²) in [7, 11) is 1.71. The number of aromatic amines is 1. The van der Waals surface area contributed by atoms with E-state index >= 15 is 0 Å². The van der Waals surface area contributed by atoms with Gasteiger partial charge >= 0.3 is 0 Å². The number of carbonyl (C=O) groups is 2. The average Bonchev–Trinajstić information content (AvgIpc) is 3.63. The molecule has 0 saturated carbocycles. The number of anilines is 1. The molecule has 8 nitrogen and oxygen atoms in total. The van der Waals surface area contributed by atoms with Gasteiger partial charge in [0, 0.05) is 61.5 Å². The molecule has 0 radical (unpaired) electrons. The van der Waals surface area contributed by atoms with Crippen molar-refractivity contribution in [1.82, 2.24) is 20.0 Å². The molecule has 200 valence electrons. The molecule has 2 fully saturated rings. The Morgan fingerprint density at radius 3 is 2.82 bits per heavy atom. The molecule has 0 aliphatic carbocycles. The van der Waals surface area contributed by atoms with Crippen LogP contribution in [-0.2, 0) is 14.9 Å². The lowest BCUT2D eigenvalue weighted by Crippen LogP contribution is -2.51. The van der Waals surface area contributed by atoms with E-state index in [1.54, 1.807) is 35.2 Å². The van der Waals surface area contributed by atoms with Crippen molar-refractivity contribution < 1.29 is 18.7 Å². The predicted octanol–water partition coefficient (Wildman–Crippen LogP) is 3.99. The van der Waals surface area contributed by atoms with E-state index in [1.807, 2.05) is 12.1 Å². The third-order valence-electron chi connectivity index (χ3n) is 8.56. The molecule has 2 amide bonds. The van der Waals surface area contributed by atoms with Crippen LogP contribution in [0.3, 0.4) is 0 Å². The molecule has 1 aromatic heterocycles. The Balaban J connectivity index is 1.23. The summed E-state index contributed by atoms with van der Waals surface area (Å²) in [5, 5.41) is 7.80.